The summed E-state index contributed by atoms with van der Waals surface area (Å²) in [5.74, 6) is 1.61. The lowest BCUT2D eigenvalue weighted by molar-refractivity contribution is -0.114. The molecule has 1 fully saturated rings. The quantitative estimate of drug-likeness (QED) is 0.281. The zero-order valence-electron chi connectivity index (χ0n) is 18.8. The summed E-state index contributed by atoms with van der Waals surface area (Å²) < 4.78 is 0. The zero-order valence-corrected chi connectivity index (χ0v) is 18.8. The molecule has 0 unspecified atom stereocenters. The molecule has 1 heterocycles. The van der Waals surface area contributed by atoms with Gasteiger partial charge in [-0.05, 0) is 80.1 Å². The Kier molecular flexibility index (Phi) is 9.02. The van der Waals surface area contributed by atoms with Crippen molar-refractivity contribution in [3.05, 3.63) is 71.8 Å². The van der Waals surface area contributed by atoms with Crippen molar-refractivity contribution in [1.29, 1.82) is 5.41 Å². The first kappa shape index (κ1) is 23.7. The van der Waals surface area contributed by atoms with Crippen LogP contribution in [0, 0.1) is 17.2 Å². The summed E-state index contributed by atoms with van der Waals surface area (Å²) in [6.45, 7) is 3.54. The van der Waals surface area contributed by atoms with Crippen molar-refractivity contribution >= 4 is 17.8 Å². The number of nitrogens with zero attached hydrogens (tertiary/aromatic N) is 2. The van der Waals surface area contributed by atoms with Crippen LogP contribution in [0.3, 0.4) is 0 Å². The van der Waals surface area contributed by atoms with E-state index in [1.165, 1.54) is 17.2 Å². The Bertz CT molecular complexity index is 945. The average Bonchev–Trinajstić information content (AvgIpc) is 2.81. The summed E-state index contributed by atoms with van der Waals surface area (Å²) in [6.07, 6.45) is 12.7. The summed E-state index contributed by atoms with van der Waals surface area (Å²) in [4.78, 5) is 31.3. The summed E-state index contributed by atoms with van der Waals surface area (Å²) in [7, 11) is 0. The van der Waals surface area contributed by atoms with Gasteiger partial charge in [-0.3, -0.25) is 4.79 Å². The molecule has 0 bridgehead atoms. The van der Waals surface area contributed by atoms with Gasteiger partial charge in [0.15, 0.2) is 11.6 Å². The Hall–Kier alpha value is -2.95. The SMILES string of the molecule is C=CC(=O)CCCc1ccccc1Cc1ccnc(C(=N)CC2CCC(CC=O)CC2)n1. The molecular formula is C27H33N3O2. The number of aromatic nitrogens is 2. The van der Waals surface area contributed by atoms with Crippen LogP contribution >= 0.6 is 0 Å². The number of aryl methyl sites for hydroxylation is 1. The Morgan fingerprint density at radius 3 is 2.53 bits per heavy atom. The Labute approximate surface area is 190 Å². The Balaban J connectivity index is 1.59. The number of ketones is 1. The largest absolute Gasteiger partial charge is 0.303 e. The number of carbonyl (C=O) groups is 2. The van der Waals surface area contributed by atoms with E-state index < -0.39 is 0 Å². The first-order chi connectivity index (χ1) is 15.6. The van der Waals surface area contributed by atoms with Gasteiger partial charge in [0.1, 0.15) is 6.29 Å². The summed E-state index contributed by atoms with van der Waals surface area (Å²) >= 11 is 0. The zero-order chi connectivity index (χ0) is 22.8. The highest BCUT2D eigenvalue weighted by Gasteiger charge is 2.23. The van der Waals surface area contributed by atoms with Crippen LogP contribution in [0.15, 0.2) is 49.2 Å². The number of hydrogen-bond acceptors (Lipinski definition) is 5. The first-order valence-electron chi connectivity index (χ1n) is 11.6. The van der Waals surface area contributed by atoms with Gasteiger partial charge in [-0.15, -0.1) is 0 Å². The van der Waals surface area contributed by atoms with Gasteiger partial charge in [0, 0.05) is 31.2 Å². The molecule has 0 spiro atoms. The summed E-state index contributed by atoms with van der Waals surface area (Å²) in [5.41, 5.74) is 3.83. The number of hydrogen-bond donors (Lipinski definition) is 1. The molecule has 1 aliphatic rings. The topological polar surface area (TPSA) is 83.8 Å². The van der Waals surface area contributed by atoms with Crippen LogP contribution < -0.4 is 0 Å². The van der Waals surface area contributed by atoms with Crippen LogP contribution in [0.2, 0.25) is 0 Å². The molecule has 2 aromatic rings. The third-order valence-corrected chi connectivity index (χ3v) is 6.46. The molecule has 0 radical (unpaired) electrons. The smallest absolute Gasteiger partial charge is 0.173 e. The lowest BCUT2D eigenvalue weighted by Crippen LogP contribution is -2.19. The van der Waals surface area contributed by atoms with Crippen LogP contribution in [0.4, 0.5) is 0 Å². The van der Waals surface area contributed by atoms with Crippen molar-refractivity contribution in [1.82, 2.24) is 9.97 Å². The predicted octanol–water partition coefficient (Wildman–Crippen LogP) is 5.30. The lowest BCUT2D eigenvalue weighted by Gasteiger charge is -2.27. The third-order valence-electron chi connectivity index (χ3n) is 6.46. The maximum atomic E-state index is 11.5. The van der Waals surface area contributed by atoms with Gasteiger partial charge in [0.2, 0.25) is 0 Å². The number of allylic oxidation sites excluding steroid dienone is 1. The molecule has 32 heavy (non-hydrogen) atoms. The van der Waals surface area contributed by atoms with E-state index in [2.05, 4.69) is 23.7 Å². The summed E-state index contributed by atoms with van der Waals surface area (Å²) in [5, 5.41) is 8.54. The van der Waals surface area contributed by atoms with E-state index >= 15 is 0 Å². The van der Waals surface area contributed by atoms with Crippen LogP contribution in [-0.4, -0.2) is 27.7 Å². The van der Waals surface area contributed by atoms with E-state index in [0.717, 1.165) is 50.5 Å². The molecule has 168 valence electrons. The van der Waals surface area contributed by atoms with Crippen LogP contribution in [-0.2, 0) is 22.4 Å². The molecule has 0 atom stereocenters. The normalized spacial score (nSPS) is 18.1. The minimum Gasteiger partial charge on any atom is -0.303 e. The molecule has 1 aromatic carbocycles. The fourth-order valence-corrected chi connectivity index (χ4v) is 4.55. The van der Waals surface area contributed by atoms with Gasteiger partial charge in [0.05, 0.1) is 5.71 Å². The van der Waals surface area contributed by atoms with Gasteiger partial charge in [0.25, 0.3) is 0 Å². The molecule has 0 amide bonds. The second-order valence-electron chi connectivity index (χ2n) is 8.81. The van der Waals surface area contributed by atoms with Gasteiger partial charge >= 0.3 is 0 Å². The van der Waals surface area contributed by atoms with Crippen molar-refractivity contribution in [3.8, 4) is 0 Å². The molecule has 0 saturated heterocycles. The fraction of sp³-hybridized carbons (Fsp3) is 0.444. The van der Waals surface area contributed by atoms with Crippen molar-refractivity contribution in [2.45, 2.75) is 64.2 Å². The van der Waals surface area contributed by atoms with Crippen LogP contribution in [0.5, 0.6) is 0 Å². The fourth-order valence-electron chi connectivity index (χ4n) is 4.55. The predicted molar refractivity (Wildman–Crippen MR) is 127 cm³/mol. The highest BCUT2D eigenvalue weighted by Crippen LogP contribution is 2.32. The van der Waals surface area contributed by atoms with Crippen molar-refractivity contribution in [3.63, 3.8) is 0 Å². The summed E-state index contributed by atoms with van der Waals surface area (Å²) in [6, 6.07) is 10.2. The molecule has 1 N–H and O–H groups in total. The highest BCUT2D eigenvalue weighted by molar-refractivity contribution is 5.94. The van der Waals surface area contributed by atoms with Crippen LogP contribution in [0.25, 0.3) is 0 Å². The van der Waals surface area contributed by atoms with E-state index in [4.69, 9.17) is 10.4 Å². The van der Waals surface area contributed by atoms with Gasteiger partial charge in [-0.1, -0.05) is 30.8 Å². The van der Waals surface area contributed by atoms with E-state index in [1.807, 2.05) is 18.2 Å². The monoisotopic (exact) mass is 431 g/mol. The van der Waals surface area contributed by atoms with E-state index in [9.17, 15) is 9.59 Å². The highest BCUT2D eigenvalue weighted by atomic mass is 16.1. The second-order valence-corrected chi connectivity index (χ2v) is 8.81. The molecule has 3 rings (SSSR count). The van der Waals surface area contributed by atoms with E-state index in [-0.39, 0.29) is 5.78 Å². The Morgan fingerprint density at radius 1 is 1.09 bits per heavy atom. The van der Waals surface area contributed by atoms with Gasteiger partial charge in [-0.25, -0.2) is 9.97 Å². The third kappa shape index (κ3) is 7.04. The number of carbonyl (C=O) groups excluding carboxylic acids is 2. The number of benzene rings is 1. The number of rotatable bonds is 12. The van der Waals surface area contributed by atoms with Crippen molar-refractivity contribution in [2.75, 3.05) is 0 Å². The minimum absolute atomic E-state index is 0.0821. The Morgan fingerprint density at radius 2 is 1.81 bits per heavy atom. The maximum Gasteiger partial charge on any atom is 0.173 e. The molecular weight excluding hydrogens is 398 g/mol. The van der Waals surface area contributed by atoms with Gasteiger partial charge < -0.3 is 10.2 Å². The second kappa shape index (κ2) is 12.2. The molecule has 5 nitrogen and oxygen atoms in total. The van der Waals surface area contributed by atoms with E-state index in [1.54, 1.807) is 6.20 Å². The van der Waals surface area contributed by atoms with Crippen molar-refractivity contribution in [2.24, 2.45) is 11.8 Å². The molecule has 0 aliphatic heterocycles. The average molecular weight is 432 g/mol. The minimum atomic E-state index is 0.0821. The number of aldehydes is 1. The standard InChI is InChI=1S/C27H33N3O2/c1-2-25(32)9-5-8-22-6-3-4-7-23(22)19-24-14-16-29-27(30-24)26(28)18-21-12-10-20(11-13-21)15-17-31/h2-4,6-7,14,16-17,20-21,28H,1,5,8-13,15,18-19H2. The van der Waals surface area contributed by atoms with E-state index in [0.29, 0.717) is 49.1 Å². The van der Waals surface area contributed by atoms with Gasteiger partial charge in [-0.2, -0.15) is 0 Å². The lowest BCUT2D eigenvalue weighted by atomic mass is 9.78. The number of nitrogens with one attached hydrogen (secondary N) is 1. The first-order valence-corrected chi connectivity index (χ1v) is 11.6. The van der Waals surface area contributed by atoms with Crippen LogP contribution in [0.1, 0.15) is 74.0 Å². The molecule has 1 aromatic heterocycles. The van der Waals surface area contributed by atoms with Crippen molar-refractivity contribution < 1.29 is 9.59 Å². The molecule has 5 heteroatoms. The molecule has 1 aliphatic carbocycles. The maximum absolute atomic E-state index is 11.5. The molecule has 1 saturated carbocycles.